The van der Waals surface area contributed by atoms with Crippen LogP contribution in [0, 0.1) is 0 Å². The maximum atomic E-state index is 12.6. The minimum atomic E-state index is -3.85. The smallest absolute Gasteiger partial charge is 0.263 e. The third-order valence-corrected chi connectivity index (χ3v) is 6.15. The highest BCUT2D eigenvalue weighted by atomic mass is 35.5. The summed E-state index contributed by atoms with van der Waals surface area (Å²) in [5.74, 6) is -0.415. The normalized spacial score (nSPS) is 11.5. The van der Waals surface area contributed by atoms with E-state index in [-0.39, 0.29) is 27.0 Å². The summed E-state index contributed by atoms with van der Waals surface area (Å²) in [6, 6.07) is 14.4. The van der Waals surface area contributed by atoms with E-state index >= 15 is 0 Å². The number of halogens is 1. The molecule has 0 saturated carbocycles. The number of anilines is 3. The second-order valence-corrected chi connectivity index (χ2v) is 10.2. The number of hydrogen-bond acceptors (Lipinski definition) is 6. The SMILES string of the molecule is CS(=O)(=O)Nc1ccc(Cl)c(C(=O)Nc2ccc(S(=O)(=O)Nc3ccccn3)cc2)c1. The Hall–Kier alpha value is -3.15. The molecule has 1 aromatic heterocycles. The number of sulfonamides is 2. The van der Waals surface area contributed by atoms with Crippen molar-refractivity contribution in [2.45, 2.75) is 4.90 Å². The van der Waals surface area contributed by atoms with Crippen LogP contribution < -0.4 is 14.8 Å². The minimum absolute atomic E-state index is 0.0199. The fourth-order valence-electron chi connectivity index (χ4n) is 2.51. The lowest BCUT2D eigenvalue weighted by atomic mass is 10.2. The second-order valence-electron chi connectivity index (χ2n) is 6.37. The lowest BCUT2D eigenvalue weighted by Crippen LogP contribution is -2.15. The molecule has 3 N–H and O–H groups in total. The van der Waals surface area contributed by atoms with Crippen LogP contribution in [-0.4, -0.2) is 34.0 Å². The number of carbonyl (C=O) groups is 1. The first-order valence-electron chi connectivity index (χ1n) is 8.66. The van der Waals surface area contributed by atoms with Crippen LogP contribution in [0.25, 0.3) is 0 Å². The van der Waals surface area contributed by atoms with Gasteiger partial charge in [0.25, 0.3) is 15.9 Å². The van der Waals surface area contributed by atoms with E-state index in [1.807, 2.05) is 0 Å². The van der Waals surface area contributed by atoms with Gasteiger partial charge in [-0.1, -0.05) is 17.7 Å². The summed E-state index contributed by atoms with van der Waals surface area (Å²) in [6.45, 7) is 0. The highest BCUT2D eigenvalue weighted by Gasteiger charge is 2.16. The van der Waals surface area contributed by atoms with Crippen LogP contribution >= 0.6 is 11.6 Å². The standard InChI is InChI=1S/C19H17ClN4O5S2/c1-30(26,27)23-14-7-10-17(20)16(12-14)19(25)22-13-5-8-15(9-6-13)31(28,29)24-18-4-2-3-11-21-18/h2-12,23H,1H3,(H,21,24)(H,22,25). The van der Waals surface area contributed by atoms with E-state index < -0.39 is 26.0 Å². The van der Waals surface area contributed by atoms with Gasteiger partial charge in [0.05, 0.1) is 21.7 Å². The maximum Gasteiger partial charge on any atom is 0.263 e. The summed E-state index contributed by atoms with van der Waals surface area (Å²) in [5, 5.41) is 2.71. The molecule has 0 aliphatic heterocycles. The van der Waals surface area contributed by atoms with Gasteiger partial charge in [-0.3, -0.25) is 14.2 Å². The molecule has 12 heteroatoms. The largest absolute Gasteiger partial charge is 0.322 e. The number of nitrogens with zero attached hydrogens (tertiary/aromatic N) is 1. The van der Waals surface area contributed by atoms with E-state index in [0.717, 1.165) is 6.26 Å². The van der Waals surface area contributed by atoms with E-state index in [4.69, 9.17) is 11.6 Å². The van der Waals surface area contributed by atoms with Crippen LogP contribution in [0.15, 0.2) is 71.8 Å². The molecule has 0 spiro atoms. The number of aromatic nitrogens is 1. The van der Waals surface area contributed by atoms with Crippen molar-refractivity contribution in [2.24, 2.45) is 0 Å². The monoisotopic (exact) mass is 480 g/mol. The Morgan fingerprint density at radius 3 is 2.19 bits per heavy atom. The first-order valence-corrected chi connectivity index (χ1v) is 12.4. The number of nitrogens with one attached hydrogen (secondary N) is 3. The lowest BCUT2D eigenvalue weighted by Gasteiger charge is -2.11. The molecule has 3 aromatic rings. The molecule has 1 heterocycles. The number of carbonyl (C=O) groups excluding carboxylic acids is 1. The lowest BCUT2D eigenvalue weighted by molar-refractivity contribution is 0.102. The van der Waals surface area contributed by atoms with Crippen molar-refractivity contribution in [3.63, 3.8) is 0 Å². The van der Waals surface area contributed by atoms with Crippen molar-refractivity contribution in [3.05, 3.63) is 77.4 Å². The van der Waals surface area contributed by atoms with Gasteiger partial charge in [0.15, 0.2) is 0 Å². The number of amides is 1. The molecule has 0 atom stereocenters. The Labute approximate surface area is 184 Å². The van der Waals surface area contributed by atoms with Crippen LogP contribution in [0.4, 0.5) is 17.2 Å². The van der Waals surface area contributed by atoms with Crippen LogP contribution in [0.5, 0.6) is 0 Å². The van der Waals surface area contributed by atoms with E-state index in [1.165, 1.54) is 54.7 Å². The summed E-state index contributed by atoms with van der Waals surface area (Å²) in [4.78, 5) is 16.5. The Morgan fingerprint density at radius 1 is 0.903 bits per heavy atom. The zero-order chi connectivity index (χ0) is 22.6. The van der Waals surface area contributed by atoms with Gasteiger partial charge in [0.2, 0.25) is 10.0 Å². The van der Waals surface area contributed by atoms with Gasteiger partial charge >= 0.3 is 0 Å². The van der Waals surface area contributed by atoms with E-state index in [9.17, 15) is 21.6 Å². The fraction of sp³-hybridized carbons (Fsp3) is 0.0526. The molecule has 3 rings (SSSR count). The van der Waals surface area contributed by atoms with E-state index in [1.54, 1.807) is 12.1 Å². The molecular formula is C19H17ClN4O5S2. The number of benzene rings is 2. The Morgan fingerprint density at radius 2 is 1.58 bits per heavy atom. The molecule has 0 aliphatic rings. The van der Waals surface area contributed by atoms with Crippen molar-refractivity contribution >= 4 is 54.7 Å². The number of hydrogen-bond donors (Lipinski definition) is 3. The first kappa shape index (κ1) is 22.5. The van der Waals surface area contributed by atoms with Gasteiger partial charge in [0, 0.05) is 17.6 Å². The second kappa shape index (κ2) is 8.92. The average molecular weight is 481 g/mol. The summed E-state index contributed by atoms with van der Waals surface area (Å²) >= 11 is 6.06. The summed E-state index contributed by atoms with van der Waals surface area (Å²) in [6.07, 6.45) is 2.45. The average Bonchev–Trinajstić information content (AvgIpc) is 2.69. The summed E-state index contributed by atoms with van der Waals surface area (Å²) < 4.78 is 52.3. The Kier molecular flexibility index (Phi) is 6.48. The molecule has 9 nitrogen and oxygen atoms in total. The van der Waals surface area contributed by atoms with E-state index in [0.29, 0.717) is 5.69 Å². The molecule has 0 bridgehead atoms. The van der Waals surface area contributed by atoms with Gasteiger partial charge < -0.3 is 5.32 Å². The van der Waals surface area contributed by atoms with Crippen molar-refractivity contribution in [3.8, 4) is 0 Å². The van der Waals surface area contributed by atoms with Crippen molar-refractivity contribution in [1.29, 1.82) is 0 Å². The predicted molar refractivity (Wildman–Crippen MR) is 119 cm³/mol. The highest BCUT2D eigenvalue weighted by Crippen LogP contribution is 2.23. The molecule has 0 radical (unpaired) electrons. The number of rotatable bonds is 7. The molecule has 1 amide bonds. The molecule has 0 aliphatic carbocycles. The molecular weight excluding hydrogens is 464 g/mol. The molecule has 0 saturated heterocycles. The third-order valence-electron chi connectivity index (χ3n) is 3.84. The third kappa shape index (κ3) is 6.17. The highest BCUT2D eigenvalue weighted by molar-refractivity contribution is 7.92. The van der Waals surface area contributed by atoms with Crippen LogP contribution in [0.1, 0.15) is 10.4 Å². The molecule has 0 fully saturated rings. The molecule has 2 aromatic carbocycles. The van der Waals surface area contributed by atoms with Crippen molar-refractivity contribution in [2.75, 3.05) is 21.0 Å². The molecule has 31 heavy (non-hydrogen) atoms. The maximum absolute atomic E-state index is 12.6. The predicted octanol–water partition coefficient (Wildman–Crippen LogP) is 3.16. The molecule has 0 unspecified atom stereocenters. The Balaban J connectivity index is 1.75. The zero-order valence-corrected chi connectivity index (χ0v) is 18.4. The van der Waals surface area contributed by atoms with Gasteiger partial charge in [-0.25, -0.2) is 21.8 Å². The van der Waals surface area contributed by atoms with Gasteiger partial charge in [0.1, 0.15) is 5.82 Å². The first-order chi connectivity index (χ1) is 14.5. The van der Waals surface area contributed by atoms with Crippen LogP contribution in [-0.2, 0) is 20.0 Å². The fourth-order valence-corrected chi connectivity index (χ4v) is 4.28. The van der Waals surface area contributed by atoms with Gasteiger partial charge in [-0.05, 0) is 54.6 Å². The summed E-state index contributed by atoms with van der Waals surface area (Å²) in [5.41, 5.74) is 0.544. The topological polar surface area (TPSA) is 134 Å². The van der Waals surface area contributed by atoms with Crippen LogP contribution in [0.3, 0.4) is 0 Å². The Bertz CT molecular complexity index is 1310. The van der Waals surface area contributed by atoms with Crippen molar-refractivity contribution in [1.82, 2.24) is 4.98 Å². The van der Waals surface area contributed by atoms with E-state index in [2.05, 4.69) is 19.7 Å². The van der Waals surface area contributed by atoms with Gasteiger partial charge in [-0.2, -0.15) is 0 Å². The minimum Gasteiger partial charge on any atom is -0.322 e. The zero-order valence-electron chi connectivity index (χ0n) is 16.0. The van der Waals surface area contributed by atoms with Crippen molar-refractivity contribution < 1.29 is 21.6 Å². The quantitative estimate of drug-likeness (QED) is 0.475. The summed E-state index contributed by atoms with van der Waals surface area (Å²) in [7, 11) is -7.38. The van der Waals surface area contributed by atoms with Crippen LogP contribution in [0.2, 0.25) is 5.02 Å². The van der Waals surface area contributed by atoms with Gasteiger partial charge in [-0.15, -0.1) is 0 Å². The number of pyridine rings is 1. The molecule has 162 valence electrons.